The first kappa shape index (κ1) is 8.75. The fourth-order valence-electron chi connectivity index (χ4n) is 1.79. The number of nitrogens with two attached hydrogens (primary N) is 1. The zero-order chi connectivity index (χ0) is 9.42. The van der Waals surface area contributed by atoms with Crippen molar-refractivity contribution in [2.24, 2.45) is 24.6 Å². The summed E-state index contributed by atoms with van der Waals surface area (Å²) in [6, 6.07) is 0.119. The molecule has 0 spiro atoms. The monoisotopic (exact) mass is 179 g/mol. The van der Waals surface area contributed by atoms with E-state index >= 15 is 0 Å². The lowest BCUT2D eigenvalue weighted by atomic mass is 9.95. The van der Waals surface area contributed by atoms with Crippen LogP contribution in [0.15, 0.2) is 12.5 Å². The van der Waals surface area contributed by atoms with Crippen molar-refractivity contribution in [3.8, 4) is 0 Å². The summed E-state index contributed by atoms with van der Waals surface area (Å²) in [6.45, 7) is 2.23. The van der Waals surface area contributed by atoms with Gasteiger partial charge in [0.05, 0.1) is 18.1 Å². The summed E-state index contributed by atoms with van der Waals surface area (Å²) >= 11 is 0. The van der Waals surface area contributed by atoms with Crippen LogP contribution in [0.5, 0.6) is 0 Å². The Morgan fingerprint density at radius 3 is 2.77 bits per heavy atom. The van der Waals surface area contributed by atoms with E-state index in [-0.39, 0.29) is 6.04 Å². The molecule has 0 aromatic carbocycles. The Morgan fingerprint density at radius 1 is 1.62 bits per heavy atom. The minimum absolute atomic E-state index is 0.119. The number of hydrogen-bond donors (Lipinski definition) is 1. The Kier molecular flexibility index (Phi) is 2.12. The van der Waals surface area contributed by atoms with Crippen molar-refractivity contribution in [3.63, 3.8) is 0 Å². The van der Waals surface area contributed by atoms with Crippen molar-refractivity contribution in [2.75, 3.05) is 0 Å². The molecule has 0 radical (unpaired) electrons. The molecule has 0 amide bonds. The van der Waals surface area contributed by atoms with Gasteiger partial charge in [-0.25, -0.2) is 4.98 Å². The molecule has 0 saturated heterocycles. The summed E-state index contributed by atoms with van der Waals surface area (Å²) in [5.41, 5.74) is 7.15. The van der Waals surface area contributed by atoms with Crippen LogP contribution in [0.2, 0.25) is 0 Å². The molecule has 3 nitrogen and oxygen atoms in total. The number of nitrogens with zero attached hydrogens (tertiary/aromatic N) is 2. The number of imidazole rings is 1. The van der Waals surface area contributed by atoms with E-state index in [1.165, 1.54) is 12.8 Å². The molecule has 2 N–H and O–H groups in total. The van der Waals surface area contributed by atoms with Crippen molar-refractivity contribution in [2.45, 2.75) is 25.8 Å². The molecule has 1 aromatic rings. The molecule has 0 aliphatic heterocycles. The molecule has 1 saturated carbocycles. The smallest absolute Gasteiger partial charge is 0.0947 e. The Balaban J connectivity index is 2.06. The highest BCUT2D eigenvalue weighted by Gasteiger charge is 2.32. The number of hydrogen-bond acceptors (Lipinski definition) is 2. The first-order chi connectivity index (χ1) is 6.18. The second kappa shape index (κ2) is 3.14. The van der Waals surface area contributed by atoms with E-state index in [1.54, 1.807) is 0 Å². The largest absolute Gasteiger partial charge is 0.340 e. The van der Waals surface area contributed by atoms with Crippen LogP contribution in [0.25, 0.3) is 0 Å². The van der Waals surface area contributed by atoms with Gasteiger partial charge in [0.1, 0.15) is 0 Å². The van der Waals surface area contributed by atoms with Gasteiger partial charge in [-0.1, -0.05) is 6.92 Å². The highest BCUT2D eigenvalue weighted by atomic mass is 15.0. The molecule has 1 heterocycles. The third kappa shape index (κ3) is 1.75. The Hall–Kier alpha value is -0.830. The van der Waals surface area contributed by atoms with E-state index in [9.17, 15) is 0 Å². The topological polar surface area (TPSA) is 43.8 Å². The van der Waals surface area contributed by atoms with Crippen LogP contribution in [0.3, 0.4) is 0 Å². The zero-order valence-electron chi connectivity index (χ0n) is 8.27. The highest BCUT2D eigenvalue weighted by molar-refractivity contribution is 5.05. The second-order valence-electron chi connectivity index (χ2n) is 4.19. The van der Waals surface area contributed by atoms with Crippen LogP contribution in [-0.4, -0.2) is 9.55 Å². The van der Waals surface area contributed by atoms with Crippen molar-refractivity contribution >= 4 is 0 Å². The third-order valence-electron chi connectivity index (χ3n) is 3.00. The predicted molar refractivity (Wildman–Crippen MR) is 52.0 cm³/mol. The van der Waals surface area contributed by atoms with Crippen molar-refractivity contribution in [3.05, 3.63) is 18.2 Å². The van der Waals surface area contributed by atoms with E-state index < -0.39 is 0 Å². The first-order valence-corrected chi connectivity index (χ1v) is 4.92. The van der Waals surface area contributed by atoms with Crippen molar-refractivity contribution in [1.29, 1.82) is 0 Å². The average molecular weight is 179 g/mol. The van der Waals surface area contributed by atoms with Gasteiger partial charge in [-0.3, -0.25) is 0 Å². The molecule has 1 fully saturated rings. The van der Waals surface area contributed by atoms with Crippen molar-refractivity contribution in [1.82, 2.24) is 9.55 Å². The minimum atomic E-state index is 0.119. The molecular formula is C10H17N3. The summed E-state index contributed by atoms with van der Waals surface area (Å²) < 4.78 is 1.95. The lowest BCUT2D eigenvalue weighted by Crippen LogP contribution is -2.20. The van der Waals surface area contributed by atoms with Gasteiger partial charge < -0.3 is 10.3 Å². The predicted octanol–water partition coefficient (Wildman–Crippen LogP) is 1.47. The Bertz CT molecular complexity index is 288. The lowest BCUT2D eigenvalue weighted by Gasteiger charge is -2.16. The standard InChI is InChI=1S/C10H17N3/c1-7(8-3-4-8)10(11)9-5-13(2)6-12-9/h5-8,10H,3-4,11H2,1-2H3. The van der Waals surface area contributed by atoms with Crippen LogP contribution in [-0.2, 0) is 7.05 Å². The van der Waals surface area contributed by atoms with E-state index in [4.69, 9.17) is 5.73 Å². The summed E-state index contributed by atoms with van der Waals surface area (Å²) in [7, 11) is 1.98. The van der Waals surface area contributed by atoms with Gasteiger partial charge in [-0.2, -0.15) is 0 Å². The van der Waals surface area contributed by atoms with Crippen LogP contribution >= 0.6 is 0 Å². The van der Waals surface area contributed by atoms with Gasteiger partial charge in [0.25, 0.3) is 0 Å². The summed E-state index contributed by atoms with van der Waals surface area (Å²) in [4.78, 5) is 4.28. The molecule has 0 bridgehead atoms. The normalized spacial score (nSPS) is 21.5. The third-order valence-corrected chi connectivity index (χ3v) is 3.00. The maximum Gasteiger partial charge on any atom is 0.0947 e. The number of aryl methyl sites for hydroxylation is 1. The van der Waals surface area contributed by atoms with Crippen LogP contribution in [0.1, 0.15) is 31.5 Å². The Labute approximate surface area is 79.0 Å². The van der Waals surface area contributed by atoms with E-state index in [0.717, 1.165) is 11.6 Å². The number of rotatable bonds is 3. The maximum absolute atomic E-state index is 6.12. The maximum atomic E-state index is 6.12. The number of aromatic nitrogens is 2. The summed E-state index contributed by atoms with van der Waals surface area (Å²) in [6.07, 6.45) is 6.53. The SMILES string of the molecule is CC(C1CC1)C(N)c1cn(C)cn1. The molecular weight excluding hydrogens is 162 g/mol. The van der Waals surface area contributed by atoms with Crippen molar-refractivity contribution < 1.29 is 0 Å². The summed E-state index contributed by atoms with van der Waals surface area (Å²) in [5, 5.41) is 0. The van der Waals surface area contributed by atoms with Crippen LogP contribution < -0.4 is 5.73 Å². The van der Waals surface area contributed by atoms with Crippen LogP contribution in [0.4, 0.5) is 0 Å². The molecule has 3 heteroatoms. The molecule has 13 heavy (non-hydrogen) atoms. The molecule has 2 rings (SSSR count). The fourth-order valence-corrected chi connectivity index (χ4v) is 1.79. The van der Waals surface area contributed by atoms with Gasteiger partial charge in [-0.05, 0) is 24.7 Å². The molecule has 1 aromatic heterocycles. The zero-order valence-corrected chi connectivity index (χ0v) is 8.27. The molecule has 2 atom stereocenters. The molecule has 1 aliphatic carbocycles. The molecule has 2 unspecified atom stereocenters. The average Bonchev–Trinajstić information content (AvgIpc) is 2.87. The van der Waals surface area contributed by atoms with Gasteiger partial charge in [0, 0.05) is 13.2 Å². The summed E-state index contributed by atoms with van der Waals surface area (Å²) in [5.74, 6) is 1.42. The molecule has 1 aliphatic rings. The minimum Gasteiger partial charge on any atom is -0.340 e. The van der Waals surface area contributed by atoms with E-state index in [1.807, 2.05) is 24.1 Å². The first-order valence-electron chi connectivity index (χ1n) is 4.92. The Morgan fingerprint density at radius 2 is 2.31 bits per heavy atom. The highest BCUT2D eigenvalue weighted by Crippen LogP contribution is 2.41. The van der Waals surface area contributed by atoms with Crippen LogP contribution in [0, 0.1) is 11.8 Å². The second-order valence-corrected chi connectivity index (χ2v) is 4.19. The molecule has 72 valence electrons. The van der Waals surface area contributed by atoms with Gasteiger partial charge in [0.15, 0.2) is 0 Å². The van der Waals surface area contributed by atoms with Gasteiger partial charge in [-0.15, -0.1) is 0 Å². The van der Waals surface area contributed by atoms with E-state index in [2.05, 4.69) is 11.9 Å². The fraction of sp³-hybridized carbons (Fsp3) is 0.700. The van der Waals surface area contributed by atoms with Gasteiger partial charge in [0.2, 0.25) is 0 Å². The lowest BCUT2D eigenvalue weighted by molar-refractivity contribution is 0.411. The van der Waals surface area contributed by atoms with E-state index in [0.29, 0.717) is 5.92 Å². The van der Waals surface area contributed by atoms with Gasteiger partial charge >= 0.3 is 0 Å². The quantitative estimate of drug-likeness (QED) is 0.763.